The number of methoxy groups -OCH3 is 1. The minimum absolute atomic E-state index is 0. The van der Waals surface area contributed by atoms with E-state index in [9.17, 15) is 0 Å². The maximum Gasteiger partial charge on any atom is 0.193 e. The van der Waals surface area contributed by atoms with Gasteiger partial charge in [0.05, 0.1) is 13.2 Å². The maximum absolute atomic E-state index is 5.72. The first-order valence-corrected chi connectivity index (χ1v) is 8.89. The molecule has 1 N–H and O–H groups in total. The number of ether oxygens (including phenoxy) is 2. The van der Waals surface area contributed by atoms with E-state index in [1.54, 1.807) is 7.11 Å². The van der Waals surface area contributed by atoms with Crippen LogP contribution in [0, 0.1) is 5.92 Å². The van der Waals surface area contributed by atoms with Gasteiger partial charge in [-0.05, 0) is 24.8 Å². The average molecular weight is 461 g/mol. The van der Waals surface area contributed by atoms with E-state index in [4.69, 9.17) is 9.47 Å². The molecule has 0 aromatic heterocycles. The van der Waals surface area contributed by atoms with Gasteiger partial charge in [0, 0.05) is 46.3 Å². The highest BCUT2D eigenvalue weighted by Crippen LogP contribution is 2.16. The van der Waals surface area contributed by atoms with Gasteiger partial charge in [0.1, 0.15) is 0 Å². The lowest BCUT2D eigenvalue weighted by Crippen LogP contribution is -2.40. The molecule has 25 heavy (non-hydrogen) atoms. The van der Waals surface area contributed by atoms with Crippen molar-refractivity contribution in [1.29, 1.82) is 0 Å². The first-order chi connectivity index (χ1) is 11.8. The molecule has 1 unspecified atom stereocenters. The Bertz CT molecular complexity index is 485. The standard InChI is InChI=1S/C19H31N3O2.HI/c1-20-19(22-12-9-18(15-22)16-23-2)21-11-6-13-24-14-10-17-7-4-3-5-8-17;/h3-5,7-8,18H,6,9-16H2,1-2H3,(H,20,21);1H. The highest BCUT2D eigenvalue weighted by molar-refractivity contribution is 14.0. The van der Waals surface area contributed by atoms with Gasteiger partial charge in [-0.1, -0.05) is 30.3 Å². The molecule has 1 fully saturated rings. The van der Waals surface area contributed by atoms with Crippen molar-refractivity contribution in [1.82, 2.24) is 10.2 Å². The molecular formula is C19H32IN3O2. The van der Waals surface area contributed by atoms with Crippen molar-refractivity contribution >= 4 is 29.9 Å². The van der Waals surface area contributed by atoms with E-state index in [0.29, 0.717) is 5.92 Å². The monoisotopic (exact) mass is 461 g/mol. The molecule has 142 valence electrons. The number of guanidine groups is 1. The summed E-state index contributed by atoms with van der Waals surface area (Å²) in [6.07, 6.45) is 3.14. The predicted molar refractivity (Wildman–Crippen MR) is 114 cm³/mol. The lowest BCUT2D eigenvalue weighted by atomic mass is 10.1. The van der Waals surface area contributed by atoms with Crippen molar-refractivity contribution in [3.63, 3.8) is 0 Å². The van der Waals surface area contributed by atoms with Gasteiger partial charge >= 0.3 is 0 Å². The van der Waals surface area contributed by atoms with Gasteiger partial charge in [-0.25, -0.2) is 0 Å². The molecule has 1 aromatic carbocycles. The van der Waals surface area contributed by atoms with Crippen LogP contribution in [-0.2, 0) is 15.9 Å². The van der Waals surface area contributed by atoms with Gasteiger partial charge in [0.15, 0.2) is 5.96 Å². The van der Waals surface area contributed by atoms with E-state index >= 15 is 0 Å². The quantitative estimate of drug-likeness (QED) is 0.266. The van der Waals surface area contributed by atoms with Crippen molar-refractivity contribution in [2.75, 3.05) is 53.6 Å². The first-order valence-electron chi connectivity index (χ1n) is 8.89. The summed E-state index contributed by atoms with van der Waals surface area (Å²) in [6, 6.07) is 10.5. The fourth-order valence-electron chi connectivity index (χ4n) is 3.04. The SMILES string of the molecule is CN=C(NCCCOCCc1ccccc1)N1CCC(COC)C1.I. The van der Waals surface area contributed by atoms with E-state index in [1.165, 1.54) is 12.0 Å². The molecule has 5 nitrogen and oxygen atoms in total. The summed E-state index contributed by atoms with van der Waals surface area (Å²) in [5.74, 6) is 1.62. The van der Waals surface area contributed by atoms with E-state index in [2.05, 4.69) is 39.5 Å². The number of hydrogen-bond donors (Lipinski definition) is 1. The van der Waals surface area contributed by atoms with Crippen molar-refractivity contribution in [3.8, 4) is 0 Å². The molecular weight excluding hydrogens is 429 g/mol. The summed E-state index contributed by atoms with van der Waals surface area (Å²) >= 11 is 0. The number of benzene rings is 1. The fourth-order valence-corrected chi connectivity index (χ4v) is 3.04. The fraction of sp³-hybridized carbons (Fsp3) is 0.632. The Morgan fingerprint density at radius 2 is 2.08 bits per heavy atom. The minimum atomic E-state index is 0. The Morgan fingerprint density at radius 3 is 2.80 bits per heavy atom. The van der Waals surface area contributed by atoms with Crippen LogP contribution in [0.2, 0.25) is 0 Å². The van der Waals surface area contributed by atoms with Crippen molar-refractivity contribution in [2.45, 2.75) is 19.3 Å². The highest BCUT2D eigenvalue weighted by Gasteiger charge is 2.24. The van der Waals surface area contributed by atoms with E-state index in [-0.39, 0.29) is 24.0 Å². The lowest BCUT2D eigenvalue weighted by Gasteiger charge is -2.21. The van der Waals surface area contributed by atoms with Crippen LogP contribution in [0.1, 0.15) is 18.4 Å². The van der Waals surface area contributed by atoms with Crippen LogP contribution in [0.4, 0.5) is 0 Å². The van der Waals surface area contributed by atoms with Crippen molar-refractivity contribution < 1.29 is 9.47 Å². The zero-order valence-electron chi connectivity index (χ0n) is 15.4. The number of rotatable bonds is 9. The molecule has 6 heteroatoms. The molecule has 2 rings (SSSR count). The number of aliphatic imine (C=N–C) groups is 1. The van der Waals surface area contributed by atoms with Crippen molar-refractivity contribution in [2.24, 2.45) is 10.9 Å². The van der Waals surface area contributed by atoms with Gasteiger partial charge in [-0.3, -0.25) is 4.99 Å². The van der Waals surface area contributed by atoms with Crippen LogP contribution in [0.15, 0.2) is 35.3 Å². The van der Waals surface area contributed by atoms with Gasteiger partial charge in [-0.2, -0.15) is 0 Å². The second kappa shape index (κ2) is 13.4. The Balaban J connectivity index is 0.00000312. The molecule has 0 amide bonds. The molecule has 0 saturated carbocycles. The molecule has 1 atom stereocenters. The molecule has 0 radical (unpaired) electrons. The summed E-state index contributed by atoms with van der Waals surface area (Å²) in [5, 5.41) is 3.44. The Hall–Kier alpha value is -0.860. The summed E-state index contributed by atoms with van der Waals surface area (Å²) in [4.78, 5) is 6.71. The zero-order valence-corrected chi connectivity index (χ0v) is 17.8. The first kappa shape index (κ1) is 22.2. The second-order valence-corrected chi connectivity index (χ2v) is 6.23. The summed E-state index contributed by atoms with van der Waals surface area (Å²) < 4.78 is 11.0. The predicted octanol–water partition coefficient (Wildman–Crippen LogP) is 2.80. The van der Waals surface area contributed by atoms with Crippen LogP contribution in [0.25, 0.3) is 0 Å². The van der Waals surface area contributed by atoms with Gasteiger partial charge in [0.25, 0.3) is 0 Å². The van der Waals surface area contributed by atoms with Crippen LogP contribution in [0.5, 0.6) is 0 Å². The summed E-state index contributed by atoms with van der Waals surface area (Å²) in [5.41, 5.74) is 1.33. The zero-order chi connectivity index (χ0) is 17.0. The number of halogens is 1. The topological polar surface area (TPSA) is 46.1 Å². The molecule has 1 aliphatic rings. The molecule has 1 aliphatic heterocycles. The number of nitrogens with zero attached hydrogens (tertiary/aromatic N) is 2. The molecule has 0 bridgehead atoms. The molecule has 1 saturated heterocycles. The molecule has 1 heterocycles. The molecule has 1 aromatic rings. The second-order valence-electron chi connectivity index (χ2n) is 6.23. The van der Waals surface area contributed by atoms with Crippen LogP contribution in [-0.4, -0.2) is 64.5 Å². The molecule has 0 aliphatic carbocycles. The lowest BCUT2D eigenvalue weighted by molar-refractivity contribution is 0.135. The van der Waals surface area contributed by atoms with Crippen LogP contribution < -0.4 is 5.32 Å². The van der Waals surface area contributed by atoms with E-state index in [1.807, 2.05) is 13.1 Å². The van der Waals surface area contributed by atoms with E-state index in [0.717, 1.165) is 58.3 Å². The van der Waals surface area contributed by atoms with Crippen LogP contribution >= 0.6 is 24.0 Å². The third kappa shape index (κ3) is 8.37. The minimum Gasteiger partial charge on any atom is -0.384 e. The Labute approximate surface area is 169 Å². The van der Waals surface area contributed by atoms with Gasteiger partial charge in [-0.15, -0.1) is 24.0 Å². The third-order valence-corrected chi connectivity index (χ3v) is 4.33. The summed E-state index contributed by atoms with van der Waals surface area (Å²) in [7, 11) is 3.62. The van der Waals surface area contributed by atoms with Gasteiger partial charge < -0.3 is 19.7 Å². The highest BCUT2D eigenvalue weighted by atomic mass is 127. The normalized spacial score (nSPS) is 17.4. The van der Waals surface area contributed by atoms with Crippen molar-refractivity contribution in [3.05, 3.63) is 35.9 Å². The Kier molecular flexibility index (Phi) is 11.9. The maximum atomic E-state index is 5.72. The smallest absolute Gasteiger partial charge is 0.193 e. The third-order valence-electron chi connectivity index (χ3n) is 4.33. The summed E-state index contributed by atoms with van der Waals surface area (Å²) in [6.45, 7) is 5.38. The largest absolute Gasteiger partial charge is 0.384 e. The van der Waals surface area contributed by atoms with E-state index < -0.39 is 0 Å². The van der Waals surface area contributed by atoms with Gasteiger partial charge in [0.2, 0.25) is 0 Å². The average Bonchev–Trinajstić information content (AvgIpc) is 3.07. The number of hydrogen-bond acceptors (Lipinski definition) is 3. The Morgan fingerprint density at radius 1 is 1.28 bits per heavy atom. The molecule has 0 spiro atoms. The number of likely N-dealkylation sites (tertiary alicyclic amines) is 1. The van der Waals surface area contributed by atoms with Crippen LogP contribution in [0.3, 0.4) is 0 Å². The number of nitrogens with one attached hydrogen (secondary N) is 1.